The molecule has 0 aromatic carbocycles. The van der Waals surface area contributed by atoms with E-state index >= 15 is 0 Å². The van der Waals surface area contributed by atoms with E-state index in [-0.39, 0.29) is 5.54 Å². The fourth-order valence-corrected chi connectivity index (χ4v) is 3.99. The van der Waals surface area contributed by atoms with Gasteiger partial charge in [0, 0.05) is 38.3 Å². The van der Waals surface area contributed by atoms with Crippen LogP contribution in [0.25, 0.3) is 0 Å². The maximum Gasteiger partial charge on any atom is 0.279 e. The Labute approximate surface area is 127 Å². The van der Waals surface area contributed by atoms with Gasteiger partial charge in [-0.3, -0.25) is 4.90 Å². The first-order valence-electron chi connectivity index (χ1n) is 7.63. The van der Waals surface area contributed by atoms with Gasteiger partial charge < -0.3 is 9.47 Å². The van der Waals surface area contributed by atoms with Gasteiger partial charge >= 0.3 is 0 Å². The van der Waals surface area contributed by atoms with Gasteiger partial charge in [-0.1, -0.05) is 6.92 Å². The highest BCUT2D eigenvalue weighted by Gasteiger charge is 2.34. The maximum atomic E-state index is 12.3. The van der Waals surface area contributed by atoms with Gasteiger partial charge in [-0.05, 0) is 13.3 Å². The smallest absolute Gasteiger partial charge is 0.279 e. The summed E-state index contributed by atoms with van der Waals surface area (Å²) >= 11 is 0. The lowest BCUT2D eigenvalue weighted by Crippen LogP contribution is -2.58. The average molecular weight is 321 g/mol. The van der Waals surface area contributed by atoms with Crippen LogP contribution in [0.4, 0.5) is 0 Å². The van der Waals surface area contributed by atoms with Crippen molar-refractivity contribution < 1.29 is 17.9 Å². The SMILES string of the molecule is CCC(C)(CNS(=O)(=O)N1CCOCC1)N1CCOCC1. The third-order valence-electron chi connectivity index (χ3n) is 4.48. The number of hydrogen-bond donors (Lipinski definition) is 1. The van der Waals surface area contributed by atoms with Crippen molar-refractivity contribution in [2.45, 2.75) is 25.8 Å². The Morgan fingerprint density at radius 2 is 1.57 bits per heavy atom. The van der Waals surface area contributed by atoms with Gasteiger partial charge in [0.15, 0.2) is 0 Å². The molecule has 2 aliphatic rings. The maximum absolute atomic E-state index is 12.3. The second-order valence-electron chi connectivity index (χ2n) is 5.79. The molecule has 1 unspecified atom stereocenters. The molecule has 2 heterocycles. The van der Waals surface area contributed by atoms with Crippen molar-refractivity contribution in [3.05, 3.63) is 0 Å². The minimum atomic E-state index is -3.42. The van der Waals surface area contributed by atoms with Gasteiger partial charge in [-0.2, -0.15) is 12.7 Å². The van der Waals surface area contributed by atoms with E-state index in [0.717, 1.165) is 19.5 Å². The quantitative estimate of drug-likeness (QED) is 0.724. The van der Waals surface area contributed by atoms with E-state index in [4.69, 9.17) is 9.47 Å². The van der Waals surface area contributed by atoms with E-state index in [2.05, 4.69) is 23.5 Å². The molecule has 0 spiro atoms. The molecule has 7 nitrogen and oxygen atoms in total. The van der Waals surface area contributed by atoms with Crippen molar-refractivity contribution in [2.75, 3.05) is 59.2 Å². The number of hydrogen-bond acceptors (Lipinski definition) is 5. The third kappa shape index (κ3) is 4.37. The van der Waals surface area contributed by atoms with Crippen LogP contribution in [0, 0.1) is 0 Å². The highest BCUT2D eigenvalue weighted by Crippen LogP contribution is 2.20. The zero-order valence-electron chi connectivity index (χ0n) is 13.0. The summed E-state index contributed by atoms with van der Waals surface area (Å²) in [6.07, 6.45) is 0.888. The standard InChI is InChI=1S/C13H27N3O4S/c1-3-13(2,15-4-8-19-9-5-15)12-14-21(17,18)16-6-10-20-11-7-16/h14H,3-12H2,1-2H3. The first-order chi connectivity index (χ1) is 9.98. The molecule has 2 aliphatic heterocycles. The largest absolute Gasteiger partial charge is 0.379 e. The van der Waals surface area contributed by atoms with E-state index in [9.17, 15) is 8.42 Å². The third-order valence-corrected chi connectivity index (χ3v) is 6.04. The Balaban J connectivity index is 1.94. The van der Waals surface area contributed by atoms with Crippen LogP contribution in [0.3, 0.4) is 0 Å². The van der Waals surface area contributed by atoms with Gasteiger partial charge in [0.1, 0.15) is 0 Å². The van der Waals surface area contributed by atoms with Gasteiger partial charge in [0.2, 0.25) is 0 Å². The lowest BCUT2D eigenvalue weighted by molar-refractivity contribution is -0.0159. The summed E-state index contributed by atoms with van der Waals surface area (Å²) in [5.74, 6) is 0. The molecule has 1 atom stereocenters. The molecule has 2 saturated heterocycles. The molecule has 0 amide bonds. The van der Waals surface area contributed by atoms with Crippen LogP contribution in [0.15, 0.2) is 0 Å². The lowest BCUT2D eigenvalue weighted by atomic mass is 9.96. The number of nitrogens with one attached hydrogen (secondary N) is 1. The second kappa shape index (κ2) is 7.34. The topological polar surface area (TPSA) is 71.1 Å². The summed E-state index contributed by atoms with van der Waals surface area (Å²) in [5.41, 5.74) is -0.177. The Kier molecular flexibility index (Phi) is 5.98. The molecule has 0 saturated carbocycles. The van der Waals surface area contributed by atoms with Crippen molar-refractivity contribution in [2.24, 2.45) is 0 Å². The van der Waals surface area contributed by atoms with E-state index in [0.29, 0.717) is 46.1 Å². The summed E-state index contributed by atoms with van der Waals surface area (Å²) in [4.78, 5) is 2.32. The molecule has 8 heteroatoms. The van der Waals surface area contributed by atoms with Crippen LogP contribution in [0.2, 0.25) is 0 Å². The lowest BCUT2D eigenvalue weighted by Gasteiger charge is -2.43. The minimum Gasteiger partial charge on any atom is -0.379 e. The van der Waals surface area contributed by atoms with E-state index < -0.39 is 10.2 Å². The van der Waals surface area contributed by atoms with Gasteiger partial charge in [-0.15, -0.1) is 0 Å². The van der Waals surface area contributed by atoms with Crippen molar-refractivity contribution >= 4 is 10.2 Å². The normalized spacial score (nSPS) is 25.6. The molecule has 21 heavy (non-hydrogen) atoms. The highest BCUT2D eigenvalue weighted by molar-refractivity contribution is 7.87. The first-order valence-corrected chi connectivity index (χ1v) is 9.07. The molecule has 0 aliphatic carbocycles. The summed E-state index contributed by atoms with van der Waals surface area (Å²) in [6.45, 7) is 9.54. The molecule has 2 fully saturated rings. The molecular formula is C13H27N3O4S. The van der Waals surface area contributed by atoms with Crippen molar-refractivity contribution in [1.82, 2.24) is 13.9 Å². The van der Waals surface area contributed by atoms with Gasteiger partial charge in [0.25, 0.3) is 10.2 Å². The minimum absolute atomic E-state index is 0.177. The predicted octanol–water partition coefficient (Wildman–Crippen LogP) is -0.346. The molecule has 124 valence electrons. The monoisotopic (exact) mass is 321 g/mol. The fraction of sp³-hybridized carbons (Fsp3) is 1.00. The van der Waals surface area contributed by atoms with E-state index in [1.165, 1.54) is 4.31 Å². The first kappa shape index (κ1) is 17.1. The Bertz CT molecular complexity index is 419. The molecule has 0 radical (unpaired) electrons. The van der Waals surface area contributed by atoms with Crippen molar-refractivity contribution in [3.63, 3.8) is 0 Å². The van der Waals surface area contributed by atoms with E-state index in [1.807, 2.05) is 0 Å². The number of rotatable bonds is 6. The van der Waals surface area contributed by atoms with Crippen molar-refractivity contribution in [3.8, 4) is 0 Å². The number of morpholine rings is 2. The van der Waals surface area contributed by atoms with Crippen LogP contribution in [-0.2, 0) is 19.7 Å². The van der Waals surface area contributed by atoms with Crippen LogP contribution in [-0.4, -0.2) is 82.3 Å². The average Bonchev–Trinajstić information content (AvgIpc) is 2.54. The Morgan fingerprint density at radius 1 is 1.05 bits per heavy atom. The molecule has 1 N–H and O–H groups in total. The molecule has 0 bridgehead atoms. The summed E-state index contributed by atoms with van der Waals surface area (Å²) in [6, 6.07) is 0. The predicted molar refractivity (Wildman–Crippen MR) is 80.4 cm³/mol. The number of nitrogens with zero attached hydrogens (tertiary/aromatic N) is 2. The molecule has 0 aromatic heterocycles. The van der Waals surface area contributed by atoms with Crippen LogP contribution >= 0.6 is 0 Å². The second-order valence-corrected chi connectivity index (χ2v) is 7.54. The van der Waals surface area contributed by atoms with Crippen molar-refractivity contribution in [1.29, 1.82) is 0 Å². The highest BCUT2D eigenvalue weighted by atomic mass is 32.2. The molecule has 2 rings (SSSR count). The summed E-state index contributed by atoms with van der Waals surface area (Å²) < 4.78 is 39.5. The van der Waals surface area contributed by atoms with E-state index in [1.54, 1.807) is 0 Å². The van der Waals surface area contributed by atoms with Crippen LogP contribution in [0.1, 0.15) is 20.3 Å². The zero-order valence-corrected chi connectivity index (χ0v) is 13.8. The number of ether oxygens (including phenoxy) is 2. The molecular weight excluding hydrogens is 294 g/mol. The van der Waals surface area contributed by atoms with Gasteiger partial charge in [0.05, 0.1) is 26.4 Å². The summed E-state index contributed by atoms with van der Waals surface area (Å²) in [5, 5.41) is 0. The fourth-order valence-electron chi connectivity index (χ4n) is 2.69. The molecule has 0 aromatic rings. The Morgan fingerprint density at radius 3 is 2.10 bits per heavy atom. The zero-order chi connectivity index (χ0) is 15.3. The summed E-state index contributed by atoms with van der Waals surface area (Å²) in [7, 11) is -3.42. The van der Waals surface area contributed by atoms with Gasteiger partial charge in [-0.25, -0.2) is 4.72 Å². The van der Waals surface area contributed by atoms with Crippen LogP contribution < -0.4 is 4.72 Å². The Hall–Kier alpha value is -0.250. The van der Waals surface area contributed by atoms with Crippen LogP contribution in [0.5, 0.6) is 0 Å².